The van der Waals surface area contributed by atoms with Crippen molar-refractivity contribution in [2.45, 2.75) is 6.92 Å². The maximum absolute atomic E-state index is 12.3. The number of hydrogen-bond acceptors (Lipinski definition) is 3. The molecule has 0 spiro atoms. The molecule has 0 bridgehead atoms. The summed E-state index contributed by atoms with van der Waals surface area (Å²) >= 11 is 6.05. The molecule has 3 aromatic carbocycles. The van der Waals surface area contributed by atoms with E-state index >= 15 is 0 Å². The Morgan fingerprint density at radius 3 is 2.41 bits per heavy atom. The highest BCUT2D eigenvalue weighted by molar-refractivity contribution is 6.34. The monoisotopic (exact) mass is 378 g/mol. The van der Waals surface area contributed by atoms with Gasteiger partial charge in [0.25, 0.3) is 5.91 Å². The highest BCUT2D eigenvalue weighted by Gasteiger charge is 2.09. The molecule has 3 aromatic rings. The molecule has 0 aliphatic rings. The molecule has 1 amide bonds. The third kappa shape index (κ3) is 5.19. The Balaban J connectivity index is 1.63. The van der Waals surface area contributed by atoms with E-state index in [2.05, 4.69) is 10.3 Å². The maximum Gasteiger partial charge on any atom is 0.257 e. The van der Waals surface area contributed by atoms with Crippen LogP contribution in [0.1, 0.15) is 22.8 Å². The van der Waals surface area contributed by atoms with E-state index in [4.69, 9.17) is 16.3 Å². The van der Waals surface area contributed by atoms with Crippen LogP contribution >= 0.6 is 11.6 Å². The van der Waals surface area contributed by atoms with Crippen LogP contribution < -0.4 is 10.1 Å². The van der Waals surface area contributed by atoms with Gasteiger partial charge in [-0.05, 0) is 73.2 Å². The third-order valence-electron chi connectivity index (χ3n) is 3.80. The molecule has 5 heteroatoms. The summed E-state index contributed by atoms with van der Waals surface area (Å²) in [5.41, 5.74) is 2.89. The van der Waals surface area contributed by atoms with Crippen LogP contribution in [0.2, 0.25) is 5.02 Å². The van der Waals surface area contributed by atoms with Gasteiger partial charge in [-0.25, -0.2) is 0 Å². The van der Waals surface area contributed by atoms with Crippen LogP contribution in [0, 0.1) is 0 Å². The van der Waals surface area contributed by atoms with Crippen LogP contribution in [0.4, 0.5) is 11.4 Å². The van der Waals surface area contributed by atoms with Crippen LogP contribution in [-0.2, 0) is 0 Å². The fourth-order valence-electron chi connectivity index (χ4n) is 2.44. The van der Waals surface area contributed by atoms with Crippen molar-refractivity contribution < 1.29 is 9.53 Å². The summed E-state index contributed by atoms with van der Waals surface area (Å²) in [5, 5.41) is 3.25. The molecule has 136 valence electrons. The van der Waals surface area contributed by atoms with Gasteiger partial charge in [0.2, 0.25) is 0 Å². The molecule has 0 unspecified atom stereocenters. The topological polar surface area (TPSA) is 50.7 Å². The zero-order valence-electron chi connectivity index (χ0n) is 14.9. The number of halogens is 1. The zero-order chi connectivity index (χ0) is 19.1. The SMILES string of the molecule is CCOc1ccc(C=Nc2ccc(NC(=O)c3ccccc3Cl)cc2)cc1. The normalized spacial score (nSPS) is 10.7. The van der Waals surface area contributed by atoms with Crippen LogP contribution in [0.5, 0.6) is 5.75 Å². The number of ether oxygens (including phenoxy) is 1. The summed E-state index contributed by atoms with van der Waals surface area (Å²) in [7, 11) is 0. The zero-order valence-corrected chi connectivity index (χ0v) is 15.6. The fraction of sp³-hybridized carbons (Fsp3) is 0.0909. The van der Waals surface area contributed by atoms with Crippen molar-refractivity contribution in [2.24, 2.45) is 4.99 Å². The van der Waals surface area contributed by atoms with Crippen molar-refractivity contribution in [1.29, 1.82) is 0 Å². The van der Waals surface area contributed by atoms with Crippen LogP contribution in [-0.4, -0.2) is 18.7 Å². The van der Waals surface area contributed by atoms with E-state index in [1.807, 2.05) is 43.3 Å². The van der Waals surface area contributed by atoms with E-state index < -0.39 is 0 Å². The second-order valence-corrected chi connectivity index (χ2v) is 6.15. The molecule has 0 saturated heterocycles. The van der Waals surface area contributed by atoms with Crippen LogP contribution in [0.3, 0.4) is 0 Å². The first kappa shape index (κ1) is 18.7. The second kappa shape index (κ2) is 9.01. The Kier molecular flexibility index (Phi) is 6.23. The molecule has 0 radical (unpaired) electrons. The number of carbonyl (C=O) groups excluding carboxylic acids is 1. The predicted molar refractivity (Wildman–Crippen MR) is 111 cm³/mol. The van der Waals surface area contributed by atoms with Gasteiger partial charge in [0, 0.05) is 11.9 Å². The highest BCUT2D eigenvalue weighted by atomic mass is 35.5. The summed E-state index contributed by atoms with van der Waals surface area (Å²) in [6.07, 6.45) is 1.78. The summed E-state index contributed by atoms with van der Waals surface area (Å²) in [5.74, 6) is 0.597. The lowest BCUT2D eigenvalue weighted by Gasteiger charge is -2.06. The van der Waals surface area contributed by atoms with Crippen molar-refractivity contribution in [3.05, 3.63) is 88.9 Å². The van der Waals surface area contributed by atoms with Crippen LogP contribution in [0.15, 0.2) is 77.8 Å². The number of amides is 1. The molecule has 4 nitrogen and oxygen atoms in total. The second-order valence-electron chi connectivity index (χ2n) is 5.74. The largest absolute Gasteiger partial charge is 0.494 e. The molecule has 0 aliphatic heterocycles. The van der Waals surface area contributed by atoms with Crippen molar-refractivity contribution >= 4 is 35.1 Å². The molecule has 0 aromatic heterocycles. The number of carbonyl (C=O) groups is 1. The average Bonchev–Trinajstić information content (AvgIpc) is 2.69. The lowest BCUT2D eigenvalue weighted by Crippen LogP contribution is -2.12. The summed E-state index contributed by atoms with van der Waals surface area (Å²) < 4.78 is 5.42. The van der Waals surface area contributed by atoms with Gasteiger partial charge < -0.3 is 10.1 Å². The van der Waals surface area contributed by atoms with Gasteiger partial charge in [0.1, 0.15) is 5.75 Å². The van der Waals surface area contributed by atoms with E-state index in [1.54, 1.807) is 42.6 Å². The number of rotatable bonds is 6. The first-order valence-electron chi connectivity index (χ1n) is 8.58. The molecule has 0 fully saturated rings. The number of nitrogens with zero attached hydrogens (tertiary/aromatic N) is 1. The van der Waals surface area contributed by atoms with Gasteiger partial charge in [0.05, 0.1) is 22.9 Å². The van der Waals surface area contributed by atoms with Gasteiger partial charge in [-0.2, -0.15) is 0 Å². The van der Waals surface area contributed by atoms with Gasteiger partial charge in [-0.1, -0.05) is 23.7 Å². The molecule has 0 saturated carbocycles. The third-order valence-corrected chi connectivity index (χ3v) is 4.13. The van der Waals surface area contributed by atoms with Crippen molar-refractivity contribution in [3.8, 4) is 5.75 Å². The first-order valence-corrected chi connectivity index (χ1v) is 8.96. The summed E-state index contributed by atoms with van der Waals surface area (Å²) in [6.45, 7) is 2.60. The smallest absolute Gasteiger partial charge is 0.257 e. The molecule has 1 N–H and O–H groups in total. The Bertz CT molecular complexity index is 935. The maximum atomic E-state index is 12.3. The Hall–Kier alpha value is -3.11. The van der Waals surface area contributed by atoms with Gasteiger partial charge in [-0.15, -0.1) is 0 Å². The number of aliphatic imine (C=N–C) groups is 1. The van der Waals surface area contributed by atoms with E-state index in [-0.39, 0.29) is 5.91 Å². The number of nitrogens with one attached hydrogen (secondary N) is 1. The van der Waals surface area contributed by atoms with Gasteiger partial charge >= 0.3 is 0 Å². The minimum absolute atomic E-state index is 0.244. The van der Waals surface area contributed by atoms with E-state index in [9.17, 15) is 4.79 Å². The number of hydrogen-bond donors (Lipinski definition) is 1. The van der Waals surface area contributed by atoms with Crippen molar-refractivity contribution in [1.82, 2.24) is 0 Å². The van der Waals surface area contributed by atoms with Crippen molar-refractivity contribution in [3.63, 3.8) is 0 Å². The standard InChI is InChI=1S/C22H19ClN2O2/c1-2-27-19-13-7-16(8-14-19)15-24-17-9-11-18(12-10-17)25-22(26)20-5-3-4-6-21(20)23/h3-15H,2H2,1H3,(H,25,26). The lowest BCUT2D eigenvalue weighted by atomic mass is 10.2. The fourth-order valence-corrected chi connectivity index (χ4v) is 2.66. The molecule has 3 rings (SSSR count). The minimum atomic E-state index is -0.244. The summed E-state index contributed by atoms with van der Waals surface area (Å²) in [4.78, 5) is 16.7. The van der Waals surface area contributed by atoms with Crippen molar-refractivity contribution in [2.75, 3.05) is 11.9 Å². The number of benzene rings is 3. The first-order chi connectivity index (χ1) is 13.2. The van der Waals surface area contributed by atoms with Gasteiger partial charge in [0.15, 0.2) is 0 Å². The van der Waals surface area contributed by atoms with E-state index in [1.165, 1.54) is 0 Å². The Morgan fingerprint density at radius 1 is 1.04 bits per heavy atom. The average molecular weight is 379 g/mol. The van der Waals surface area contributed by atoms with Gasteiger partial charge in [-0.3, -0.25) is 9.79 Å². The molecular formula is C22H19ClN2O2. The van der Waals surface area contributed by atoms with E-state index in [0.717, 1.165) is 17.0 Å². The Morgan fingerprint density at radius 2 is 1.74 bits per heavy atom. The predicted octanol–water partition coefficient (Wildman–Crippen LogP) is 5.74. The Labute approximate surface area is 163 Å². The molecule has 0 aliphatic carbocycles. The highest BCUT2D eigenvalue weighted by Crippen LogP contribution is 2.20. The number of anilines is 1. The molecule has 0 atom stereocenters. The molecule has 27 heavy (non-hydrogen) atoms. The summed E-state index contributed by atoms with van der Waals surface area (Å²) in [6, 6.07) is 22.0. The lowest BCUT2D eigenvalue weighted by molar-refractivity contribution is 0.102. The molecule has 0 heterocycles. The van der Waals surface area contributed by atoms with E-state index in [0.29, 0.717) is 22.9 Å². The minimum Gasteiger partial charge on any atom is -0.494 e. The van der Waals surface area contributed by atoms with Crippen LogP contribution in [0.25, 0.3) is 0 Å². The molecular weight excluding hydrogens is 360 g/mol. The quantitative estimate of drug-likeness (QED) is 0.556.